The molecule has 0 unspecified atom stereocenters. The Hall–Kier alpha value is -0.450. The van der Waals surface area contributed by atoms with Gasteiger partial charge in [-0.1, -0.05) is 20.8 Å². The number of hydrogen-bond acceptors (Lipinski definition) is 4. The molecule has 4 fully saturated rings. The lowest BCUT2D eigenvalue weighted by Crippen LogP contribution is -2.68. The van der Waals surface area contributed by atoms with Crippen LogP contribution in [0.25, 0.3) is 0 Å². The summed E-state index contributed by atoms with van der Waals surface area (Å²) >= 11 is 0. The summed E-state index contributed by atoms with van der Waals surface area (Å²) in [6.07, 6.45) is 3.85. The van der Waals surface area contributed by atoms with Gasteiger partial charge >= 0.3 is 0 Å². The van der Waals surface area contributed by atoms with Gasteiger partial charge in [0.05, 0.1) is 18.3 Å². The number of aliphatic hydroxyl groups is 1. The summed E-state index contributed by atoms with van der Waals surface area (Å²) in [4.78, 5) is 12.5. The smallest absolute Gasteiger partial charge is 0.138 e. The maximum absolute atomic E-state index is 12.5. The van der Waals surface area contributed by atoms with Gasteiger partial charge in [-0.05, 0) is 56.8 Å². The van der Waals surface area contributed by atoms with E-state index in [9.17, 15) is 9.90 Å². The van der Waals surface area contributed by atoms with Crippen LogP contribution in [0, 0.1) is 22.7 Å². The average molecular weight is 336 g/mol. The zero-order valence-corrected chi connectivity index (χ0v) is 15.7. The van der Waals surface area contributed by atoms with Gasteiger partial charge in [0.25, 0.3) is 0 Å². The molecule has 4 heteroatoms. The van der Waals surface area contributed by atoms with Gasteiger partial charge in [-0.2, -0.15) is 0 Å². The predicted octanol–water partition coefficient (Wildman–Crippen LogP) is 3.11. The van der Waals surface area contributed by atoms with Crippen molar-refractivity contribution in [2.45, 2.75) is 90.1 Å². The van der Waals surface area contributed by atoms with Gasteiger partial charge in [0.1, 0.15) is 17.5 Å². The highest BCUT2D eigenvalue weighted by molar-refractivity contribution is 5.85. The highest BCUT2D eigenvalue weighted by atomic mass is 16.6. The first-order chi connectivity index (χ1) is 11.0. The summed E-state index contributed by atoms with van der Waals surface area (Å²) < 4.78 is 12.1. The standard InChI is InChI=1S/C20H32O4/c1-17(2)12-6-9-19(4)13(18(12,3)8-7-14(17)21)10-15(22)20(5,24-19)16-11-23-16/h12-13,15-16,22H,6-11H2,1-5H3/t12-,13-,15-,16+,18-,19+,20-/m1/s1. The zero-order valence-electron chi connectivity index (χ0n) is 15.7. The fraction of sp³-hybridized carbons (Fsp3) is 0.950. The van der Waals surface area contributed by atoms with Crippen molar-refractivity contribution in [1.29, 1.82) is 0 Å². The molecular formula is C20H32O4. The fourth-order valence-electron chi connectivity index (χ4n) is 6.64. The van der Waals surface area contributed by atoms with E-state index >= 15 is 0 Å². The number of carbonyl (C=O) groups is 1. The van der Waals surface area contributed by atoms with E-state index in [2.05, 4.69) is 27.7 Å². The number of aliphatic hydroxyl groups excluding tert-OH is 1. The van der Waals surface area contributed by atoms with Gasteiger partial charge in [0, 0.05) is 11.8 Å². The molecule has 0 bridgehead atoms. The lowest BCUT2D eigenvalue weighted by molar-refractivity contribution is -0.297. The Morgan fingerprint density at radius 3 is 2.38 bits per heavy atom. The summed E-state index contributed by atoms with van der Waals surface area (Å²) in [6, 6.07) is 0. The maximum Gasteiger partial charge on any atom is 0.138 e. The molecule has 1 N–H and O–H groups in total. The lowest BCUT2D eigenvalue weighted by atomic mass is 9.44. The molecule has 0 amide bonds. The van der Waals surface area contributed by atoms with Crippen LogP contribution in [-0.4, -0.2) is 40.9 Å². The van der Waals surface area contributed by atoms with Crippen molar-refractivity contribution in [3.05, 3.63) is 0 Å². The molecule has 2 aliphatic heterocycles. The topological polar surface area (TPSA) is 59.1 Å². The lowest BCUT2D eigenvalue weighted by Gasteiger charge is -2.65. The summed E-state index contributed by atoms with van der Waals surface area (Å²) in [5.41, 5.74) is -1.03. The molecule has 2 heterocycles. The van der Waals surface area contributed by atoms with Crippen LogP contribution >= 0.6 is 0 Å². The summed E-state index contributed by atoms with van der Waals surface area (Å²) in [6.45, 7) is 11.5. The van der Waals surface area contributed by atoms with Gasteiger partial charge < -0.3 is 14.6 Å². The molecule has 2 saturated heterocycles. The molecule has 0 aromatic rings. The van der Waals surface area contributed by atoms with Crippen LogP contribution in [-0.2, 0) is 14.3 Å². The van der Waals surface area contributed by atoms with Crippen molar-refractivity contribution in [1.82, 2.24) is 0 Å². The second-order valence-electron chi connectivity index (χ2n) is 9.97. The fourth-order valence-corrected chi connectivity index (χ4v) is 6.64. The average Bonchev–Trinajstić information content (AvgIpc) is 3.31. The Morgan fingerprint density at radius 2 is 1.75 bits per heavy atom. The van der Waals surface area contributed by atoms with Crippen molar-refractivity contribution >= 4 is 5.78 Å². The van der Waals surface area contributed by atoms with Crippen molar-refractivity contribution in [2.75, 3.05) is 6.61 Å². The Labute approximate surface area is 145 Å². The van der Waals surface area contributed by atoms with Crippen LogP contribution in [0.1, 0.15) is 66.7 Å². The normalized spacial score (nSPS) is 56.3. The molecule has 4 rings (SSSR count). The molecule has 0 aromatic carbocycles. The van der Waals surface area contributed by atoms with Gasteiger partial charge in [0.15, 0.2) is 0 Å². The molecule has 2 aliphatic carbocycles. The van der Waals surface area contributed by atoms with Gasteiger partial charge in [0.2, 0.25) is 0 Å². The van der Waals surface area contributed by atoms with Crippen molar-refractivity contribution in [2.24, 2.45) is 22.7 Å². The van der Waals surface area contributed by atoms with Crippen LogP contribution < -0.4 is 0 Å². The van der Waals surface area contributed by atoms with Crippen LogP contribution in [0.5, 0.6) is 0 Å². The minimum atomic E-state index is -0.589. The predicted molar refractivity (Wildman–Crippen MR) is 90.6 cm³/mol. The third-order valence-corrected chi connectivity index (χ3v) is 8.29. The second-order valence-corrected chi connectivity index (χ2v) is 9.97. The molecule has 4 aliphatic rings. The summed E-state index contributed by atoms with van der Waals surface area (Å²) in [5.74, 6) is 1.07. The first-order valence-corrected chi connectivity index (χ1v) is 9.57. The van der Waals surface area contributed by atoms with Gasteiger partial charge in [-0.25, -0.2) is 0 Å². The Kier molecular flexibility index (Phi) is 3.42. The quantitative estimate of drug-likeness (QED) is 0.748. The van der Waals surface area contributed by atoms with E-state index in [1.807, 2.05) is 6.92 Å². The van der Waals surface area contributed by atoms with Crippen LogP contribution in [0.2, 0.25) is 0 Å². The molecule has 0 spiro atoms. The third-order valence-electron chi connectivity index (χ3n) is 8.29. The van der Waals surface area contributed by atoms with E-state index in [1.165, 1.54) is 0 Å². The molecular weight excluding hydrogens is 304 g/mol. The summed E-state index contributed by atoms with van der Waals surface area (Å²) in [5, 5.41) is 10.9. The van der Waals surface area contributed by atoms with Crippen molar-refractivity contribution in [3.63, 3.8) is 0 Å². The molecule has 7 atom stereocenters. The van der Waals surface area contributed by atoms with E-state index in [0.717, 1.165) is 25.7 Å². The number of ether oxygens (including phenoxy) is 2. The van der Waals surface area contributed by atoms with E-state index in [4.69, 9.17) is 9.47 Å². The number of fused-ring (bicyclic) bond motifs is 3. The first-order valence-electron chi connectivity index (χ1n) is 9.57. The highest BCUT2D eigenvalue weighted by Gasteiger charge is 2.66. The Morgan fingerprint density at radius 1 is 1.08 bits per heavy atom. The van der Waals surface area contributed by atoms with Crippen LogP contribution in [0.4, 0.5) is 0 Å². The first kappa shape index (κ1) is 17.0. The Balaban J connectivity index is 1.70. The molecule has 24 heavy (non-hydrogen) atoms. The van der Waals surface area contributed by atoms with Crippen LogP contribution in [0.15, 0.2) is 0 Å². The molecule has 2 saturated carbocycles. The van der Waals surface area contributed by atoms with E-state index in [0.29, 0.717) is 24.7 Å². The van der Waals surface area contributed by atoms with Gasteiger partial charge in [-0.3, -0.25) is 4.79 Å². The van der Waals surface area contributed by atoms with E-state index in [1.54, 1.807) is 0 Å². The van der Waals surface area contributed by atoms with E-state index < -0.39 is 11.7 Å². The SMILES string of the molecule is CC1(C)C(=O)CC[C@]2(C)[C@@H]1CC[C@]1(C)O[C@@](C)([C@@H]3CO3)[C@H](O)C[C@H]21. The largest absolute Gasteiger partial charge is 0.390 e. The van der Waals surface area contributed by atoms with Crippen molar-refractivity contribution in [3.8, 4) is 0 Å². The minimum Gasteiger partial charge on any atom is -0.390 e. The summed E-state index contributed by atoms with van der Waals surface area (Å²) in [7, 11) is 0. The minimum absolute atomic E-state index is 0.0279. The maximum atomic E-state index is 12.5. The number of carbonyl (C=O) groups excluding carboxylic acids is 1. The second kappa shape index (κ2) is 4.83. The molecule has 0 radical (unpaired) electrons. The Bertz CT molecular complexity index is 568. The highest BCUT2D eigenvalue weighted by Crippen LogP contribution is 2.65. The zero-order chi connectivity index (χ0) is 17.5. The molecule has 4 nitrogen and oxygen atoms in total. The monoisotopic (exact) mass is 336 g/mol. The molecule has 0 aromatic heterocycles. The number of Topliss-reactive ketones (excluding diaryl/α,β-unsaturated/α-hetero) is 1. The van der Waals surface area contributed by atoms with Crippen LogP contribution in [0.3, 0.4) is 0 Å². The van der Waals surface area contributed by atoms with E-state index in [-0.39, 0.29) is 28.5 Å². The van der Waals surface area contributed by atoms with Crippen molar-refractivity contribution < 1.29 is 19.4 Å². The number of ketones is 1. The molecule has 136 valence electrons. The number of rotatable bonds is 1. The van der Waals surface area contributed by atoms with Gasteiger partial charge in [-0.15, -0.1) is 0 Å². The number of epoxide rings is 1. The number of hydrogen-bond donors (Lipinski definition) is 1. The third kappa shape index (κ3) is 2.05.